The van der Waals surface area contributed by atoms with Crippen molar-refractivity contribution in [3.63, 3.8) is 0 Å². The van der Waals surface area contributed by atoms with Crippen molar-refractivity contribution in [2.24, 2.45) is 5.92 Å². The lowest BCUT2D eigenvalue weighted by atomic mass is 9.96. The highest BCUT2D eigenvalue weighted by molar-refractivity contribution is 5.93. The fraction of sp³-hybridized carbons (Fsp3) is 0.375. The molecular formula is C24H28N4O2. The highest BCUT2D eigenvalue weighted by atomic mass is 16.5. The van der Waals surface area contributed by atoms with E-state index in [1.807, 2.05) is 49.4 Å². The number of hydrogen-bond donors (Lipinski definition) is 1. The molecule has 0 radical (unpaired) electrons. The monoisotopic (exact) mass is 404 g/mol. The summed E-state index contributed by atoms with van der Waals surface area (Å²) in [6.45, 7) is 6.00. The molecule has 1 aromatic heterocycles. The van der Waals surface area contributed by atoms with Gasteiger partial charge in [0.1, 0.15) is 0 Å². The molecule has 6 heteroatoms. The Labute approximate surface area is 177 Å². The first-order chi connectivity index (χ1) is 14.7. The van der Waals surface area contributed by atoms with Gasteiger partial charge in [0.2, 0.25) is 5.91 Å². The Morgan fingerprint density at radius 2 is 1.83 bits per heavy atom. The zero-order valence-electron chi connectivity index (χ0n) is 17.6. The van der Waals surface area contributed by atoms with Crippen LogP contribution in [0.2, 0.25) is 0 Å². The topological polar surface area (TPSA) is 67.4 Å². The number of anilines is 2. The number of para-hydroxylation sites is 3. The fourth-order valence-corrected chi connectivity index (χ4v) is 3.98. The van der Waals surface area contributed by atoms with Gasteiger partial charge >= 0.3 is 0 Å². The van der Waals surface area contributed by atoms with Crippen LogP contribution in [0.25, 0.3) is 11.0 Å². The molecule has 2 heterocycles. The lowest BCUT2D eigenvalue weighted by Gasteiger charge is -2.33. The van der Waals surface area contributed by atoms with E-state index >= 15 is 0 Å². The van der Waals surface area contributed by atoms with Gasteiger partial charge in [-0.3, -0.25) is 4.79 Å². The maximum absolute atomic E-state index is 13.0. The van der Waals surface area contributed by atoms with E-state index < -0.39 is 0 Å². The summed E-state index contributed by atoms with van der Waals surface area (Å²) < 4.78 is 5.80. The van der Waals surface area contributed by atoms with Gasteiger partial charge in [0.15, 0.2) is 5.82 Å². The lowest BCUT2D eigenvalue weighted by molar-refractivity contribution is -0.120. The summed E-state index contributed by atoms with van der Waals surface area (Å²) >= 11 is 0. The van der Waals surface area contributed by atoms with E-state index in [0.717, 1.165) is 53.9 Å². The SMILES string of the molecule is CCOc1nc2ccccc2nc1N1CCC[C@H](C(=O)Nc2ccccc2CC)C1. The Morgan fingerprint density at radius 1 is 1.10 bits per heavy atom. The molecule has 1 aliphatic heterocycles. The zero-order valence-corrected chi connectivity index (χ0v) is 17.6. The van der Waals surface area contributed by atoms with E-state index in [4.69, 9.17) is 9.72 Å². The van der Waals surface area contributed by atoms with Crippen molar-refractivity contribution in [1.29, 1.82) is 0 Å². The van der Waals surface area contributed by atoms with Gasteiger partial charge in [0.05, 0.1) is 23.6 Å². The van der Waals surface area contributed by atoms with Gasteiger partial charge in [-0.2, -0.15) is 0 Å². The van der Waals surface area contributed by atoms with Crippen molar-refractivity contribution < 1.29 is 9.53 Å². The summed E-state index contributed by atoms with van der Waals surface area (Å²) in [5, 5.41) is 3.14. The number of nitrogens with one attached hydrogen (secondary N) is 1. The second-order valence-corrected chi connectivity index (χ2v) is 7.56. The summed E-state index contributed by atoms with van der Waals surface area (Å²) in [7, 11) is 0. The van der Waals surface area contributed by atoms with Crippen molar-refractivity contribution in [2.75, 3.05) is 29.9 Å². The molecule has 156 valence electrons. The molecule has 1 fully saturated rings. The number of carbonyl (C=O) groups is 1. The van der Waals surface area contributed by atoms with Crippen LogP contribution in [-0.4, -0.2) is 35.6 Å². The molecule has 0 saturated carbocycles. The van der Waals surface area contributed by atoms with Crippen LogP contribution in [0.1, 0.15) is 32.3 Å². The minimum absolute atomic E-state index is 0.0623. The zero-order chi connectivity index (χ0) is 20.9. The molecule has 1 saturated heterocycles. The Hall–Kier alpha value is -3.15. The van der Waals surface area contributed by atoms with Gasteiger partial charge in [0.25, 0.3) is 5.88 Å². The van der Waals surface area contributed by atoms with Gasteiger partial charge < -0.3 is 15.0 Å². The first kappa shape index (κ1) is 20.1. The van der Waals surface area contributed by atoms with E-state index in [0.29, 0.717) is 19.0 Å². The number of benzene rings is 2. The molecule has 1 amide bonds. The summed E-state index contributed by atoms with van der Waals surface area (Å²) in [6.07, 6.45) is 2.67. The van der Waals surface area contributed by atoms with E-state index in [9.17, 15) is 4.79 Å². The van der Waals surface area contributed by atoms with Crippen LogP contribution in [0, 0.1) is 5.92 Å². The average molecular weight is 405 g/mol. The predicted octanol–water partition coefficient (Wildman–Crippen LogP) is 4.45. The van der Waals surface area contributed by atoms with Crippen LogP contribution in [0.15, 0.2) is 48.5 Å². The Morgan fingerprint density at radius 3 is 2.60 bits per heavy atom. The quantitative estimate of drug-likeness (QED) is 0.658. The highest BCUT2D eigenvalue weighted by Crippen LogP contribution is 2.31. The number of piperidine rings is 1. The molecule has 4 rings (SSSR count). The number of hydrogen-bond acceptors (Lipinski definition) is 5. The predicted molar refractivity (Wildman–Crippen MR) is 120 cm³/mol. The standard InChI is InChI=1S/C24H28N4O2/c1-3-17-10-5-6-12-19(17)26-23(29)18-11-9-15-28(16-18)22-24(30-4-2)27-21-14-8-7-13-20(21)25-22/h5-8,10,12-14,18H,3-4,9,11,15-16H2,1-2H3,(H,26,29)/t18-/m0/s1. The van der Waals surface area contributed by atoms with Gasteiger partial charge in [-0.25, -0.2) is 9.97 Å². The maximum atomic E-state index is 13.0. The second kappa shape index (κ2) is 9.11. The summed E-state index contributed by atoms with van der Waals surface area (Å²) in [5.74, 6) is 1.22. The van der Waals surface area contributed by atoms with Crippen LogP contribution >= 0.6 is 0 Å². The molecule has 0 spiro atoms. The van der Waals surface area contributed by atoms with E-state index in [1.165, 1.54) is 0 Å². The fourth-order valence-electron chi connectivity index (χ4n) is 3.98. The summed E-state index contributed by atoms with van der Waals surface area (Å²) in [5.41, 5.74) is 3.70. The number of fused-ring (bicyclic) bond motifs is 1. The van der Waals surface area contributed by atoms with Crippen molar-refractivity contribution in [1.82, 2.24) is 9.97 Å². The molecule has 0 aliphatic carbocycles. The van der Waals surface area contributed by atoms with Gasteiger partial charge in [-0.1, -0.05) is 37.3 Å². The summed E-state index contributed by atoms with van der Waals surface area (Å²) in [6, 6.07) is 15.8. The lowest BCUT2D eigenvalue weighted by Crippen LogP contribution is -2.41. The van der Waals surface area contributed by atoms with E-state index in [-0.39, 0.29) is 11.8 Å². The second-order valence-electron chi connectivity index (χ2n) is 7.56. The molecule has 3 aromatic rings. The van der Waals surface area contributed by atoms with Crippen LogP contribution in [0.5, 0.6) is 5.88 Å². The third-order valence-electron chi connectivity index (χ3n) is 5.55. The number of nitrogens with zero attached hydrogens (tertiary/aromatic N) is 3. The molecule has 0 bridgehead atoms. The normalized spacial score (nSPS) is 16.5. The van der Waals surface area contributed by atoms with Crippen molar-refractivity contribution in [2.45, 2.75) is 33.1 Å². The first-order valence-electron chi connectivity index (χ1n) is 10.7. The van der Waals surface area contributed by atoms with Crippen molar-refractivity contribution in [3.8, 4) is 5.88 Å². The molecule has 6 nitrogen and oxygen atoms in total. The average Bonchev–Trinajstić information content (AvgIpc) is 2.79. The third-order valence-corrected chi connectivity index (χ3v) is 5.55. The van der Waals surface area contributed by atoms with E-state index in [2.05, 4.69) is 28.2 Å². The summed E-state index contributed by atoms with van der Waals surface area (Å²) in [4.78, 5) is 24.7. The van der Waals surface area contributed by atoms with Crippen molar-refractivity contribution >= 4 is 28.4 Å². The first-order valence-corrected chi connectivity index (χ1v) is 10.7. The number of amides is 1. The maximum Gasteiger partial charge on any atom is 0.258 e. The van der Waals surface area contributed by atoms with Gasteiger partial charge in [0, 0.05) is 18.8 Å². The molecule has 1 atom stereocenters. The molecule has 2 aromatic carbocycles. The van der Waals surface area contributed by atoms with Crippen molar-refractivity contribution in [3.05, 3.63) is 54.1 Å². The minimum atomic E-state index is -0.105. The smallest absolute Gasteiger partial charge is 0.258 e. The van der Waals surface area contributed by atoms with Crippen LogP contribution in [0.3, 0.4) is 0 Å². The number of aryl methyl sites for hydroxylation is 1. The molecular weight excluding hydrogens is 376 g/mol. The third kappa shape index (κ3) is 4.22. The van der Waals surface area contributed by atoms with Crippen LogP contribution in [0.4, 0.5) is 11.5 Å². The van der Waals surface area contributed by atoms with Crippen LogP contribution < -0.4 is 15.0 Å². The Kier molecular flexibility index (Phi) is 6.12. The number of rotatable bonds is 6. The van der Waals surface area contributed by atoms with E-state index in [1.54, 1.807) is 0 Å². The number of carbonyl (C=O) groups excluding carboxylic acids is 1. The number of aromatic nitrogens is 2. The largest absolute Gasteiger partial charge is 0.475 e. The van der Waals surface area contributed by atoms with Crippen LogP contribution in [-0.2, 0) is 11.2 Å². The Balaban J connectivity index is 1.56. The number of ether oxygens (including phenoxy) is 1. The highest BCUT2D eigenvalue weighted by Gasteiger charge is 2.29. The van der Waals surface area contributed by atoms with Gasteiger partial charge in [-0.05, 0) is 49.9 Å². The Bertz CT molecular complexity index is 1040. The molecule has 1 aliphatic rings. The molecule has 30 heavy (non-hydrogen) atoms. The molecule has 1 N–H and O–H groups in total. The minimum Gasteiger partial charge on any atom is -0.475 e. The van der Waals surface area contributed by atoms with Gasteiger partial charge in [-0.15, -0.1) is 0 Å². The molecule has 0 unspecified atom stereocenters.